The smallest absolute Gasteiger partial charge is 0.147 e. The standard InChI is InChI=1S/C9H22O3Si/c1-9(7-10)12-8-11-5-6-13(2,3)4/h9-10H,5-8H2,1-4H3/t9-/m1/s1. The Kier molecular flexibility index (Phi) is 6.58. The van der Waals surface area contributed by atoms with Gasteiger partial charge in [0.2, 0.25) is 0 Å². The van der Waals surface area contributed by atoms with Gasteiger partial charge >= 0.3 is 0 Å². The van der Waals surface area contributed by atoms with E-state index in [0.717, 1.165) is 12.7 Å². The Hall–Kier alpha value is 0.0969. The number of aliphatic hydroxyl groups is 1. The fourth-order valence-electron chi connectivity index (χ4n) is 0.654. The van der Waals surface area contributed by atoms with Gasteiger partial charge in [0.15, 0.2) is 0 Å². The van der Waals surface area contributed by atoms with Crippen LogP contribution in [0.25, 0.3) is 0 Å². The first kappa shape index (κ1) is 13.1. The minimum Gasteiger partial charge on any atom is -0.394 e. The van der Waals surface area contributed by atoms with Crippen LogP contribution in [-0.4, -0.2) is 39.3 Å². The molecule has 80 valence electrons. The van der Waals surface area contributed by atoms with Gasteiger partial charge in [-0.2, -0.15) is 0 Å². The van der Waals surface area contributed by atoms with Gasteiger partial charge in [0, 0.05) is 14.7 Å². The fraction of sp³-hybridized carbons (Fsp3) is 1.00. The van der Waals surface area contributed by atoms with Crippen molar-refractivity contribution < 1.29 is 14.6 Å². The van der Waals surface area contributed by atoms with E-state index in [1.165, 1.54) is 0 Å². The molecule has 0 bridgehead atoms. The van der Waals surface area contributed by atoms with Crippen molar-refractivity contribution in [3.05, 3.63) is 0 Å². The molecule has 0 rings (SSSR count). The molecular formula is C9H22O3Si. The highest BCUT2D eigenvalue weighted by Crippen LogP contribution is 2.07. The summed E-state index contributed by atoms with van der Waals surface area (Å²) in [7, 11) is -0.973. The van der Waals surface area contributed by atoms with Crippen molar-refractivity contribution in [2.75, 3.05) is 20.0 Å². The van der Waals surface area contributed by atoms with Gasteiger partial charge in [-0.05, 0) is 13.0 Å². The van der Waals surface area contributed by atoms with E-state index in [4.69, 9.17) is 14.6 Å². The minimum absolute atomic E-state index is 0.0530. The van der Waals surface area contributed by atoms with Gasteiger partial charge < -0.3 is 14.6 Å². The molecule has 0 fully saturated rings. The van der Waals surface area contributed by atoms with Gasteiger partial charge in [-0.3, -0.25) is 0 Å². The summed E-state index contributed by atoms with van der Waals surface area (Å²) in [6.07, 6.45) is -0.119. The Morgan fingerprint density at radius 1 is 1.31 bits per heavy atom. The number of rotatable bonds is 7. The van der Waals surface area contributed by atoms with Gasteiger partial charge in [-0.25, -0.2) is 0 Å². The van der Waals surface area contributed by atoms with Crippen LogP contribution in [0, 0.1) is 0 Å². The van der Waals surface area contributed by atoms with Crippen molar-refractivity contribution in [2.24, 2.45) is 0 Å². The summed E-state index contributed by atoms with van der Waals surface area (Å²) in [5, 5.41) is 8.65. The Morgan fingerprint density at radius 3 is 2.38 bits per heavy atom. The topological polar surface area (TPSA) is 38.7 Å². The second kappa shape index (κ2) is 6.54. The number of ether oxygens (including phenoxy) is 2. The van der Waals surface area contributed by atoms with Crippen LogP contribution < -0.4 is 0 Å². The maximum absolute atomic E-state index is 8.65. The van der Waals surface area contributed by atoms with Gasteiger partial charge in [0.05, 0.1) is 12.7 Å². The summed E-state index contributed by atoms with van der Waals surface area (Å²) < 4.78 is 10.4. The summed E-state index contributed by atoms with van der Waals surface area (Å²) in [6, 6.07) is 1.16. The molecule has 1 atom stereocenters. The van der Waals surface area contributed by atoms with Crippen molar-refractivity contribution >= 4 is 8.07 Å². The van der Waals surface area contributed by atoms with E-state index in [1.54, 1.807) is 0 Å². The summed E-state index contributed by atoms with van der Waals surface area (Å²) in [6.45, 7) is 9.88. The second-order valence-electron chi connectivity index (χ2n) is 4.50. The SMILES string of the molecule is C[C@H](CO)OCOCC[Si](C)(C)C. The van der Waals surface area contributed by atoms with Crippen LogP contribution in [0.3, 0.4) is 0 Å². The number of hydrogen-bond acceptors (Lipinski definition) is 3. The van der Waals surface area contributed by atoms with E-state index in [0.29, 0.717) is 6.79 Å². The van der Waals surface area contributed by atoms with Crippen LogP contribution in [0.2, 0.25) is 25.7 Å². The van der Waals surface area contributed by atoms with Gasteiger partial charge in [0.1, 0.15) is 6.79 Å². The molecule has 0 aromatic heterocycles. The quantitative estimate of drug-likeness (QED) is 0.391. The summed E-state index contributed by atoms with van der Waals surface area (Å²) in [5.74, 6) is 0. The molecule has 4 heteroatoms. The Balaban J connectivity index is 3.18. The zero-order valence-electron chi connectivity index (χ0n) is 9.17. The van der Waals surface area contributed by atoms with Crippen molar-refractivity contribution in [1.29, 1.82) is 0 Å². The number of hydrogen-bond donors (Lipinski definition) is 1. The van der Waals surface area contributed by atoms with E-state index in [2.05, 4.69) is 19.6 Å². The molecule has 0 aliphatic heterocycles. The van der Waals surface area contributed by atoms with E-state index in [1.807, 2.05) is 6.92 Å². The van der Waals surface area contributed by atoms with Crippen LogP contribution in [0.15, 0.2) is 0 Å². The second-order valence-corrected chi connectivity index (χ2v) is 10.1. The van der Waals surface area contributed by atoms with E-state index >= 15 is 0 Å². The molecule has 0 unspecified atom stereocenters. The van der Waals surface area contributed by atoms with Gasteiger partial charge in [0.25, 0.3) is 0 Å². The predicted octanol–water partition coefficient (Wildman–Crippen LogP) is 1.70. The molecule has 0 aromatic carbocycles. The third-order valence-electron chi connectivity index (χ3n) is 1.69. The highest BCUT2D eigenvalue weighted by atomic mass is 28.3. The first-order valence-corrected chi connectivity index (χ1v) is 8.46. The molecule has 0 saturated carbocycles. The average Bonchev–Trinajstić information content (AvgIpc) is 2.01. The molecule has 0 spiro atoms. The molecule has 13 heavy (non-hydrogen) atoms. The molecule has 0 radical (unpaired) electrons. The molecule has 0 saturated heterocycles. The van der Waals surface area contributed by atoms with Crippen molar-refractivity contribution in [1.82, 2.24) is 0 Å². The van der Waals surface area contributed by atoms with Crippen molar-refractivity contribution in [3.63, 3.8) is 0 Å². The van der Waals surface area contributed by atoms with Crippen LogP contribution in [-0.2, 0) is 9.47 Å². The van der Waals surface area contributed by atoms with Crippen molar-refractivity contribution in [3.8, 4) is 0 Å². The zero-order valence-corrected chi connectivity index (χ0v) is 10.2. The lowest BCUT2D eigenvalue weighted by Crippen LogP contribution is -2.22. The largest absolute Gasteiger partial charge is 0.394 e. The molecule has 0 aliphatic carbocycles. The summed E-state index contributed by atoms with van der Waals surface area (Å²) in [5.41, 5.74) is 0. The van der Waals surface area contributed by atoms with Crippen LogP contribution in [0.4, 0.5) is 0 Å². The molecule has 0 amide bonds. The first-order chi connectivity index (χ1) is 5.95. The lowest BCUT2D eigenvalue weighted by atomic mass is 10.4. The highest BCUT2D eigenvalue weighted by Gasteiger charge is 2.11. The molecular weight excluding hydrogens is 184 g/mol. The van der Waals surface area contributed by atoms with E-state index < -0.39 is 8.07 Å². The average molecular weight is 206 g/mol. The lowest BCUT2D eigenvalue weighted by Gasteiger charge is -2.16. The normalized spacial score (nSPS) is 14.5. The van der Waals surface area contributed by atoms with E-state index in [9.17, 15) is 0 Å². The Labute approximate surface area is 82.1 Å². The summed E-state index contributed by atoms with van der Waals surface area (Å²) in [4.78, 5) is 0. The van der Waals surface area contributed by atoms with Crippen LogP contribution in [0.1, 0.15) is 6.92 Å². The van der Waals surface area contributed by atoms with E-state index in [-0.39, 0.29) is 12.7 Å². The molecule has 1 N–H and O–H groups in total. The Bertz CT molecular complexity index is 123. The monoisotopic (exact) mass is 206 g/mol. The molecule has 0 heterocycles. The van der Waals surface area contributed by atoms with Crippen LogP contribution >= 0.6 is 0 Å². The number of aliphatic hydroxyl groups excluding tert-OH is 1. The third-order valence-corrected chi connectivity index (χ3v) is 3.39. The molecule has 0 aromatic rings. The highest BCUT2D eigenvalue weighted by molar-refractivity contribution is 6.76. The molecule has 3 nitrogen and oxygen atoms in total. The zero-order chi connectivity index (χ0) is 10.3. The van der Waals surface area contributed by atoms with Gasteiger partial charge in [-0.1, -0.05) is 19.6 Å². The predicted molar refractivity (Wildman–Crippen MR) is 56.6 cm³/mol. The maximum atomic E-state index is 8.65. The summed E-state index contributed by atoms with van der Waals surface area (Å²) >= 11 is 0. The Morgan fingerprint density at radius 2 is 1.92 bits per heavy atom. The fourth-order valence-corrected chi connectivity index (χ4v) is 1.41. The first-order valence-electron chi connectivity index (χ1n) is 4.76. The maximum Gasteiger partial charge on any atom is 0.147 e. The van der Waals surface area contributed by atoms with Crippen LogP contribution in [0.5, 0.6) is 0 Å². The third kappa shape index (κ3) is 10.0. The molecule has 0 aliphatic rings. The van der Waals surface area contributed by atoms with Crippen molar-refractivity contribution in [2.45, 2.75) is 38.7 Å². The van der Waals surface area contributed by atoms with Gasteiger partial charge in [-0.15, -0.1) is 0 Å². The minimum atomic E-state index is -0.973. The lowest BCUT2D eigenvalue weighted by molar-refractivity contribution is -0.0930.